The topological polar surface area (TPSA) is 104 Å². The molecule has 21 heavy (non-hydrogen) atoms. The Balaban J connectivity index is 2.78. The first-order valence-electron chi connectivity index (χ1n) is 6.15. The van der Waals surface area contributed by atoms with Crippen LogP contribution < -0.4 is 10.7 Å². The zero-order valence-corrected chi connectivity index (χ0v) is 12.1. The van der Waals surface area contributed by atoms with E-state index in [0.29, 0.717) is 17.9 Å². The third kappa shape index (κ3) is 5.31. The van der Waals surface area contributed by atoms with E-state index in [9.17, 15) is 4.79 Å². The van der Waals surface area contributed by atoms with Crippen molar-refractivity contribution in [3.63, 3.8) is 0 Å². The van der Waals surface area contributed by atoms with E-state index in [1.54, 1.807) is 35.2 Å². The van der Waals surface area contributed by atoms with E-state index in [2.05, 4.69) is 15.8 Å². The van der Waals surface area contributed by atoms with Crippen LogP contribution in [0.2, 0.25) is 0 Å². The number of carbonyl (C=O) groups is 1. The number of anilines is 2. The number of hydrazone groups is 1. The number of nitriles is 2. The Labute approximate surface area is 123 Å². The number of hydrogen-bond donors (Lipinski definition) is 2. The molecule has 0 radical (unpaired) electrons. The van der Waals surface area contributed by atoms with Crippen molar-refractivity contribution >= 4 is 23.0 Å². The van der Waals surface area contributed by atoms with Crippen LogP contribution in [0.5, 0.6) is 0 Å². The molecule has 0 saturated heterocycles. The lowest BCUT2D eigenvalue weighted by atomic mass is 10.2. The van der Waals surface area contributed by atoms with Crippen LogP contribution in [0.4, 0.5) is 11.4 Å². The van der Waals surface area contributed by atoms with E-state index < -0.39 is 0 Å². The van der Waals surface area contributed by atoms with Crippen LogP contribution in [0.15, 0.2) is 23.3 Å². The predicted octanol–water partition coefficient (Wildman–Crippen LogP) is 1.31. The summed E-state index contributed by atoms with van der Waals surface area (Å²) < 4.78 is 0. The van der Waals surface area contributed by atoms with Crippen LogP contribution in [0, 0.1) is 29.6 Å². The number of rotatable bonds is 5. The van der Waals surface area contributed by atoms with Crippen LogP contribution in [-0.2, 0) is 4.79 Å². The van der Waals surface area contributed by atoms with E-state index in [4.69, 9.17) is 10.5 Å². The number of carbonyl (C=O) groups excluding carboxylic acids is 1. The van der Waals surface area contributed by atoms with E-state index in [1.165, 1.54) is 0 Å². The third-order valence-electron chi connectivity index (χ3n) is 2.47. The quantitative estimate of drug-likeness (QED) is 0.626. The lowest BCUT2D eigenvalue weighted by Crippen LogP contribution is -2.27. The van der Waals surface area contributed by atoms with Crippen LogP contribution in [-0.4, -0.2) is 37.2 Å². The second-order valence-electron chi connectivity index (χ2n) is 4.61. The van der Waals surface area contributed by atoms with Gasteiger partial charge in [-0.15, -0.1) is 0 Å². The molecular weight excluding hydrogens is 268 g/mol. The van der Waals surface area contributed by atoms with Crippen molar-refractivity contribution in [1.82, 2.24) is 4.90 Å². The summed E-state index contributed by atoms with van der Waals surface area (Å²) in [5.74, 6) is -0.0990. The van der Waals surface area contributed by atoms with Gasteiger partial charge in [-0.3, -0.25) is 10.2 Å². The smallest absolute Gasteiger partial charge is 0.238 e. The fraction of sp³-hybridized carbons (Fsp3) is 0.286. The molecule has 0 aromatic heterocycles. The summed E-state index contributed by atoms with van der Waals surface area (Å²) in [4.78, 5) is 13.5. The highest BCUT2D eigenvalue weighted by atomic mass is 16.2. The molecule has 108 valence electrons. The molecule has 0 aliphatic heterocycles. The number of benzene rings is 1. The second kappa shape index (κ2) is 7.63. The zero-order valence-electron chi connectivity index (χ0n) is 12.1. The minimum Gasteiger partial charge on any atom is -0.325 e. The molecule has 7 nitrogen and oxygen atoms in total. The number of likely N-dealkylation sites (N-methyl/N-ethyl adjacent to an activating group) is 1. The summed E-state index contributed by atoms with van der Waals surface area (Å²) in [5, 5.41) is 23.6. The summed E-state index contributed by atoms with van der Waals surface area (Å²) in [6.07, 6.45) is 0. The molecule has 0 unspecified atom stereocenters. The van der Waals surface area contributed by atoms with Gasteiger partial charge < -0.3 is 10.2 Å². The number of aryl methyl sites for hydroxylation is 1. The van der Waals surface area contributed by atoms with Crippen LogP contribution in [0.25, 0.3) is 0 Å². The van der Waals surface area contributed by atoms with E-state index in [-0.39, 0.29) is 11.6 Å². The Hall–Kier alpha value is -2.90. The first-order chi connectivity index (χ1) is 9.96. The summed E-state index contributed by atoms with van der Waals surface area (Å²) >= 11 is 0. The zero-order chi connectivity index (χ0) is 15.8. The van der Waals surface area contributed by atoms with Crippen molar-refractivity contribution < 1.29 is 4.79 Å². The minimum absolute atomic E-state index is 0.0990. The maximum atomic E-state index is 11.7. The van der Waals surface area contributed by atoms with Crippen molar-refractivity contribution in [3.05, 3.63) is 23.8 Å². The van der Waals surface area contributed by atoms with E-state index >= 15 is 0 Å². The molecule has 0 atom stereocenters. The first-order valence-corrected chi connectivity index (χ1v) is 6.15. The van der Waals surface area contributed by atoms with E-state index in [1.807, 2.05) is 21.0 Å². The fourth-order valence-electron chi connectivity index (χ4n) is 1.55. The first kappa shape index (κ1) is 16.2. The molecule has 1 aromatic carbocycles. The van der Waals surface area contributed by atoms with Crippen molar-refractivity contribution in [2.24, 2.45) is 5.10 Å². The maximum Gasteiger partial charge on any atom is 0.238 e. The van der Waals surface area contributed by atoms with Gasteiger partial charge in [0.15, 0.2) is 0 Å². The van der Waals surface area contributed by atoms with Gasteiger partial charge in [0, 0.05) is 5.69 Å². The van der Waals surface area contributed by atoms with Gasteiger partial charge in [-0.25, -0.2) is 0 Å². The average Bonchev–Trinajstić information content (AvgIpc) is 2.42. The molecule has 0 heterocycles. The highest BCUT2D eigenvalue weighted by Crippen LogP contribution is 2.19. The molecule has 0 bridgehead atoms. The summed E-state index contributed by atoms with van der Waals surface area (Å²) in [5.41, 5.74) is 4.55. The molecule has 0 aliphatic rings. The molecular formula is C14H16N6O. The molecule has 0 spiro atoms. The molecule has 2 N–H and O–H groups in total. The lowest BCUT2D eigenvalue weighted by molar-refractivity contribution is -0.116. The van der Waals surface area contributed by atoms with Crippen molar-refractivity contribution in [3.8, 4) is 12.1 Å². The highest BCUT2D eigenvalue weighted by Gasteiger charge is 2.06. The van der Waals surface area contributed by atoms with Gasteiger partial charge in [-0.2, -0.15) is 15.6 Å². The van der Waals surface area contributed by atoms with Gasteiger partial charge in [0.1, 0.15) is 12.1 Å². The second-order valence-corrected chi connectivity index (χ2v) is 4.61. The fourth-order valence-corrected chi connectivity index (χ4v) is 1.55. The largest absolute Gasteiger partial charge is 0.325 e. The molecule has 0 fully saturated rings. The number of nitrogens with one attached hydrogen (secondary N) is 2. The SMILES string of the molecule is Cc1cc(NN=C(C#N)C#N)ccc1NC(=O)CN(C)C. The van der Waals surface area contributed by atoms with Gasteiger partial charge >= 0.3 is 0 Å². The molecule has 0 aliphatic carbocycles. The van der Waals surface area contributed by atoms with Crippen molar-refractivity contribution in [2.45, 2.75) is 6.92 Å². The van der Waals surface area contributed by atoms with Gasteiger partial charge in [-0.05, 0) is 44.8 Å². The standard InChI is InChI=1S/C14H16N6O/c1-10-6-11(18-19-12(7-15)8-16)4-5-13(10)17-14(21)9-20(2)3/h4-6,18H,9H2,1-3H3,(H,17,21). The highest BCUT2D eigenvalue weighted by molar-refractivity contribution is 6.10. The minimum atomic E-state index is -0.254. The van der Waals surface area contributed by atoms with Gasteiger partial charge in [0.2, 0.25) is 11.6 Å². The van der Waals surface area contributed by atoms with Gasteiger partial charge in [0.25, 0.3) is 0 Å². The van der Waals surface area contributed by atoms with Crippen molar-refractivity contribution in [2.75, 3.05) is 31.4 Å². The van der Waals surface area contributed by atoms with Crippen LogP contribution >= 0.6 is 0 Å². The maximum absolute atomic E-state index is 11.7. The molecule has 1 rings (SSSR count). The number of nitrogens with zero attached hydrogens (tertiary/aromatic N) is 4. The normalized spacial score (nSPS) is 9.43. The van der Waals surface area contributed by atoms with E-state index in [0.717, 1.165) is 5.56 Å². The number of hydrogen-bond acceptors (Lipinski definition) is 6. The lowest BCUT2D eigenvalue weighted by Gasteiger charge is -2.12. The average molecular weight is 284 g/mol. The Bertz CT molecular complexity index is 620. The number of amides is 1. The monoisotopic (exact) mass is 284 g/mol. The molecule has 7 heteroatoms. The Morgan fingerprint density at radius 2 is 2.00 bits per heavy atom. The van der Waals surface area contributed by atoms with Crippen LogP contribution in [0.1, 0.15) is 5.56 Å². The predicted molar refractivity (Wildman–Crippen MR) is 80.6 cm³/mol. The van der Waals surface area contributed by atoms with Crippen LogP contribution in [0.3, 0.4) is 0 Å². The van der Waals surface area contributed by atoms with Gasteiger partial charge in [-0.1, -0.05) is 0 Å². The summed E-state index contributed by atoms with van der Waals surface area (Å²) in [6, 6.07) is 8.52. The van der Waals surface area contributed by atoms with Gasteiger partial charge in [0.05, 0.1) is 12.2 Å². The third-order valence-corrected chi connectivity index (χ3v) is 2.47. The summed E-state index contributed by atoms with van der Waals surface area (Å²) in [7, 11) is 3.64. The Morgan fingerprint density at radius 1 is 1.33 bits per heavy atom. The van der Waals surface area contributed by atoms with Crippen molar-refractivity contribution in [1.29, 1.82) is 10.5 Å². The molecule has 0 saturated carbocycles. The Kier molecular flexibility index (Phi) is 5.87. The molecule has 1 aromatic rings. The Morgan fingerprint density at radius 3 is 2.52 bits per heavy atom. The molecule has 1 amide bonds. The summed E-state index contributed by atoms with van der Waals surface area (Å²) in [6.45, 7) is 2.15.